The molecule has 0 aliphatic rings. The maximum absolute atomic E-state index is 9.41. The van der Waals surface area contributed by atoms with E-state index in [1.54, 1.807) is 12.1 Å². The van der Waals surface area contributed by atoms with E-state index < -0.39 is 0 Å². The first-order valence-corrected chi connectivity index (χ1v) is 4.69. The van der Waals surface area contributed by atoms with Crippen molar-refractivity contribution in [3.63, 3.8) is 0 Å². The highest BCUT2D eigenvalue weighted by Crippen LogP contribution is 2.32. The molecule has 0 spiro atoms. The van der Waals surface area contributed by atoms with Crippen LogP contribution in [0.3, 0.4) is 0 Å². The van der Waals surface area contributed by atoms with E-state index >= 15 is 0 Å². The SMILES string of the molecule is CC.Oc1ccc2ccccc2c1O. The van der Waals surface area contributed by atoms with E-state index in [4.69, 9.17) is 5.11 Å². The van der Waals surface area contributed by atoms with E-state index in [1.165, 1.54) is 6.07 Å². The summed E-state index contributed by atoms with van der Waals surface area (Å²) in [7, 11) is 0. The van der Waals surface area contributed by atoms with Crippen molar-refractivity contribution in [2.24, 2.45) is 0 Å². The quantitative estimate of drug-likeness (QED) is 0.626. The van der Waals surface area contributed by atoms with Crippen LogP contribution in [-0.2, 0) is 0 Å². The van der Waals surface area contributed by atoms with Gasteiger partial charge in [-0.05, 0) is 11.5 Å². The number of phenols is 2. The third-order valence-corrected chi connectivity index (χ3v) is 1.88. The summed E-state index contributed by atoms with van der Waals surface area (Å²) < 4.78 is 0. The molecule has 14 heavy (non-hydrogen) atoms. The van der Waals surface area contributed by atoms with E-state index in [2.05, 4.69) is 0 Å². The van der Waals surface area contributed by atoms with Crippen LogP contribution < -0.4 is 0 Å². The van der Waals surface area contributed by atoms with Crippen LogP contribution in [0.25, 0.3) is 10.8 Å². The highest BCUT2D eigenvalue weighted by atomic mass is 16.3. The summed E-state index contributed by atoms with van der Waals surface area (Å²) in [5.74, 6) is -0.123. The monoisotopic (exact) mass is 190 g/mol. The lowest BCUT2D eigenvalue weighted by Gasteiger charge is -2.01. The molecular weight excluding hydrogens is 176 g/mol. The van der Waals surface area contributed by atoms with Gasteiger partial charge in [0.2, 0.25) is 0 Å². The van der Waals surface area contributed by atoms with Crippen LogP contribution in [0, 0.1) is 0 Å². The van der Waals surface area contributed by atoms with Crippen molar-refractivity contribution >= 4 is 10.8 Å². The smallest absolute Gasteiger partial charge is 0.165 e. The first-order chi connectivity index (χ1) is 6.79. The van der Waals surface area contributed by atoms with E-state index in [-0.39, 0.29) is 11.5 Å². The van der Waals surface area contributed by atoms with Gasteiger partial charge in [-0.25, -0.2) is 0 Å². The zero-order valence-electron chi connectivity index (χ0n) is 8.36. The number of aromatic hydroxyl groups is 2. The summed E-state index contributed by atoms with van der Waals surface area (Å²) in [6.07, 6.45) is 0. The second-order valence-electron chi connectivity index (χ2n) is 2.65. The summed E-state index contributed by atoms with van der Waals surface area (Å²) in [4.78, 5) is 0. The van der Waals surface area contributed by atoms with Gasteiger partial charge in [0.15, 0.2) is 11.5 Å². The molecular formula is C12H14O2. The van der Waals surface area contributed by atoms with Crippen molar-refractivity contribution in [3.8, 4) is 11.5 Å². The van der Waals surface area contributed by atoms with Gasteiger partial charge in [0.25, 0.3) is 0 Å². The average Bonchev–Trinajstić information content (AvgIpc) is 2.27. The second-order valence-corrected chi connectivity index (χ2v) is 2.65. The first-order valence-electron chi connectivity index (χ1n) is 4.69. The minimum atomic E-state index is -0.0753. The molecule has 0 bridgehead atoms. The lowest BCUT2D eigenvalue weighted by molar-refractivity contribution is 0.408. The van der Waals surface area contributed by atoms with Crippen LogP contribution in [0.4, 0.5) is 0 Å². The van der Waals surface area contributed by atoms with Crippen LogP contribution in [0.1, 0.15) is 13.8 Å². The molecule has 0 saturated carbocycles. The Morgan fingerprint density at radius 3 is 2.21 bits per heavy atom. The number of phenolic OH excluding ortho intramolecular Hbond substituents is 2. The topological polar surface area (TPSA) is 40.5 Å². The van der Waals surface area contributed by atoms with Gasteiger partial charge in [0.05, 0.1) is 0 Å². The molecule has 0 saturated heterocycles. The molecule has 0 aromatic heterocycles. The third kappa shape index (κ3) is 1.79. The lowest BCUT2D eigenvalue weighted by Crippen LogP contribution is -1.73. The molecule has 0 atom stereocenters. The molecule has 0 radical (unpaired) electrons. The number of rotatable bonds is 0. The average molecular weight is 190 g/mol. The van der Waals surface area contributed by atoms with Crippen molar-refractivity contribution in [3.05, 3.63) is 36.4 Å². The summed E-state index contributed by atoms with van der Waals surface area (Å²) in [6, 6.07) is 10.6. The first kappa shape index (κ1) is 10.4. The Hall–Kier alpha value is -1.70. The highest BCUT2D eigenvalue weighted by Gasteiger charge is 2.02. The molecule has 0 heterocycles. The molecule has 2 rings (SSSR count). The van der Waals surface area contributed by atoms with Gasteiger partial charge in [0, 0.05) is 5.39 Å². The van der Waals surface area contributed by atoms with E-state index in [0.717, 1.165) is 5.39 Å². The molecule has 74 valence electrons. The summed E-state index contributed by atoms with van der Waals surface area (Å²) >= 11 is 0. The van der Waals surface area contributed by atoms with Crippen molar-refractivity contribution < 1.29 is 10.2 Å². The van der Waals surface area contributed by atoms with E-state index in [0.29, 0.717) is 5.39 Å². The lowest BCUT2D eigenvalue weighted by atomic mass is 10.1. The molecule has 0 fully saturated rings. The number of fused-ring (bicyclic) bond motifs is 1. The predicted molar refractivity (Wildman–Crippen MR) is 58.6 cm³/mol. The molecule has 0 aliphatic heterocycles. The Bertz CT molecular complexity index is 422. The number of hydrogen-bond acceptors (Lipinski definition) is 2. The van der Waals surface area contributed by atoms with Gasteiger partial charge in [-0.3, -0.25) is 0 Å². The third-order valence-electron chi connectivity index (χ3n) is 1.88. The van der Waals surface area contributed by atoms with Crippen molar-refractivity contribution in [2.45, 2.75) is 13.8 Å². The van der Waals surface area contributed by atoms with Gasteiger partial charge >= 0.3 is 0 Å². The van der Waals surface area contributed by atoms with Crippen LogP contribution in [0.2, 0.25) is 0 Å². The number of benzene rings is 2. The number of hydrogen-bond donors (Lipinski definition) is 2. The molecule has 2 N–H and O–H groups in total. The largest absolute Gasteiger partial charge is 0.504 e. The van der Waals surface area contributed by atoms with Crippen LogP contribution in [-0.4, -0.2) is 10.2 Å². The van der Waals surface area contributed by atoms with Crippen LogP contribution in [0.5, 0.6) is 11.5 Å². The standard InChI is InChI=1S/C10H8O2.C2H6/c11-9-6-5-7-3-1-2-4-8(7)10(9)12;1-2/h1-6,11-12H;1-2H3. The van der Waals surface area contributed by atoms with E-state index in [9.17, 15) is 5.11 Å². The minimum absolute atomic E-state index is 0.0481. The van der Waals surface area contributed by atoms with E-state index in [1.807, 2.05) is 32.0 Å². The fourth-order valence-electron chi connectivity index (χ4n) is 1.24. The van der Waals surface area contributed by atoms with Gasteiger partial charge in [-0.1, -0.05) is 44.2 Å². The second kappa shape index (κ2) is 4.51. The molecule has 0 amide bonds. The summed E-state index contributed by atoms with van der Waals surface area (Å²) in [5.41, 5.74) is 0. The Labute approximate surface area is 83.4 Å². The minimum Gasteiger partial charge on any atom is -0.504 e. The molecule has 2 aromatic carbocycles. The zero-order valence-corrected chi connectivity index (χ0v) is 8.36. The Kier molecular flexibility index (Phi) is 3.35. The van der Waals surface area contributed by atoms with Crippen molar-refractivity contribution in [1.82, 2.24) is 0 Å². The maximum Gasteiger partial charge on any atom is 0.165 e. The molecule has 2 nitrogen and oxygen atoms in total. The summed E-state index contributed by atoms with van der Waals surface area (Å²) in [6.45, 7) is 4.00. The Morgan fingerprint density at radius 2 is 1.50 bits per heavy atom. The van der Waals surface area contributed by atoms with Crippen LogP contribution in [0.15, 0.2) is 36.4 Å². The van der Waals surface area contributed by atoms with Gasteiger partial charge in [-0.15, -0.1) is 0 Å². The fraction of sp³-hybridized carbons (Fsp3) is 0.167. The molecule has 0 aliphatic carbocycles. The Morgan fingerprint density at radius 1 is 0.857 bits per heavy atom. The van der Waals surface area contributed by atoms with Gasteiger partial charge < -0.3 is 10.2 Å². The Balaban J connectivity index is 0.000000461. The highest BCUT2D eigenvalue weighted by molar-refractivity contribution is 5.90. The van der Waals surface area contributed by atoms with Crippen molar-refractivity contribution in [1.29, 1.82) is 0 Å². The predicted octanol–water partition coefficient (Wildman–Crippen LogP) is 3.28. The molecule has 2 aromatic rings. The van der Waals surface area contributed by atoms with Crippen molar-refractivity contribution in [2.75, 3.05) is 0 Å². The summed E-state index contributed by atoms with van der Waals surface area (Å²) in [5, 5.41) is 20.2. The normalized spacial score (nSPS) is 9.29. The zero-order chi connectivity index (χ0) is 10.6. The van der Waals surface area contributed by atoms with Gasteiger partial charge in [-0.2, -0.15) is 0 Å². The maximum atomic E-state index is 9.41. The van der Waals surface area contributed by atoms with Gasteiger partial charge in [0.1, 0.15) is 0 Å². The van der Waals surface area contributed by atoms with Crippen LogP contribution >= 0.6 is 0 Å². The molecule has 0 unspecified atom stereocenters. The molecule has 2 heteroatoms. The fourth-order valence-corrected chi connectivity index (χ4v) is 1.24.